The van der Waals surface area contributed by atoms with Crippen LogP contribution in [0, 0.1) is 5.92 Å². The van der Waals surface area contributed by atoms with Crippen LogP contribution in [0.25, 0.3) is 0 Å². The van der Waals surface area contributed by atoms with Crippen LogP contribution in [0.1, 0.15) is 34.5 Å². The fourth-order valence-corrected chi connectivity index (χ4v) is 4.66. The molecule has 2 amide bonds. The predicted molar refractivity (Wildman–Crippen MR) is 130 cm³/mol. The number of ether oxygens (including phenoxy) is 1. The lowest BCUT2D eigenvalue weighted by Crippen LogP contribution is -2.45. The number of piperidine rings is 1. The van der Waals surface area contributed by atoms with Crippen molar-refractivity contribution in [1.82, 2.24) is 15.2 Å². The number of carbonyl (C=O) groups is 2. The number of nitrogens with one attached hydrogen (secondary N) is 2. The fourth-order valence-electron chi connectivity index (χ4n) is 3.96. The Balaban J connectivity index is 1.32. The molecule has 11 heteroatoms. The minimum absolute atomic E-state index is 0.0142. The van der Waals surface area contributed by atoms with Gasteiger partial charge in [-0.1, -0.05) is 12.1 Å². The van der Waals surface area contributed by atoms with Gasteiger partial charge in [-0.05, 0) is 54.8 Å². The Morgan fingerprint density at radius 1 is 1.19 bits per heavy atom. The number of anilines is 2. The van der Waals surface area contributed by atoms with E-state index in [1.54, 1.807) is 17.4 Å². The number of halogens is 3. The maximum absolute atomic E-state index is 13.0. The molecule has 2 aromatic carbocycles. The Kier molecular flexibility index (Phi) is 7.78. The number of thiazole rings is 1. The number of rotatable bonds is 7. The van der Waals surface area contributed by atoms with Crippen LogP contribution < -0.4 is 15.4 Å². The lowest BCUT2D eigenvalue weighted by atomic mass is 9.96. The Hall–Kier alpha value is -3.60. The summed E-state index contributed by atoms with van der Waals surface area (Å²) in [7, 11) is 1.59. The number of nitrogens with zero attached hydrogens (tertiary/aromatic N) is 2. The molecule has 0 aliphatic carbocycles. The van der Waals surface area contributed by atoms with E-state index in [2.05, 4.69) is 15.6 Å². The Morgan fingerprint density at radius 2 is 1.97 bits per heavy atom. The molecule has 2 heterocycles. The van der Waals surface area contributed by atoms with E-state index in [0.29, 0.717) is 35.8 Å². The molecule has 0 radical (unpaired) electrons. The van der Waals surface area contributed by atoms with Crippen LogP contribution in [-0.2, 0) is 17.5 Å². The van der Waals surface area contributed by atoms with Gasteiger partial charge in [-0.25, -0.2) is 4.98 Å². The van der Waals surface area contributed by atoms with Crippen molar-refractivity contribution in [2.45, 2.75) is 25.6 Å². The maximum atomic E-state index is 13.0. The summed E-state index contributed by atoms with van der Waals surface area (Å²) in [4.78, 5) is 31.7. The second kappa shape index (κ2) is 11.0. The molecule has 190 valence electrons. The van der Waals surface area contributed by atoms with Crippen molar-refractivity contribution in [1.29, 1.82) is 0 Å². The van der Waals surface area contributed by atoms with Gasteiger partial charge in [0.05, 0.1) is 18.6 Å². The third kappa shape index (κ3) is 6.34. The van der Waals surface area contributed by atoms with E-state index in [1.807, 2.05) is 24.3 Å². The number of alkyl halides is 3. The molecule has 1 fully saturated rings. The van der Waals surface area contributed by atoms with Gasteiger partial charge in [0.15, 0.2) is 5.13 Å². The predicted octanol–water partition coefficient (Wildman–Crippen LogP) is 5.08. The third-order valence-corrected chi connectivity index (χ3v) is 6.62. The lowest BCUT2D eigenvalue weighted by Gasteiger charge is -2.31. The van der Waals surface area contributed by atoms with Gasteiger partial charge in [0.2, 0.25) is 5.91 Å². The van der Waals surface area contributed by atoms with Crippen LogP contribution in [0.2, 0.25) is 0 Å². The van der Waals surface area contributed by atoms with Crippen molar-refractivity contribution < 1.29 is 27.5 Å². The Morgan fingerprint density at radius 3 is 2.69 bits per heavy atom. The minimum Gasteiger partial charge on any atom is -0.497 e. The normalized spacial score (nSPS) is 15.9. The largest absolute Gasteiger partial charge is 0.497 e. The summed E-state index contributed by atoms with van der Waals surface area (Å²) in [6.45, 7) is 0.723. The molecular weight excluding hydrogens is 493 g/mol. The summed E-state index contributed by atoms with van der Waals surface area (Å²) >= 11 is 1.30. The SMILES string of the molecule is COc1ccc(Nc2nc(C(=O)N3CCC[C@@H](C(=O)NCc4cccc(C(F)(F)F)c4)C3)cs2)cc1. The van der Waals surface area contributed by atoms with Gasteiger partial charge in [0, 0.05) is 30.7 Å². The van der Waals surface area contributed by atoms with Gasteiger partial charge in [0.25, 0.3) is 5.91 Å². The number of methoxy groups -OCH3 is 1. The molecule has 2 N–H and O–H groups in total. The van der Waals surface area contributed by atoms with Crippen LogP contribution in [-0.4, -0.2) is 41.9 Å². The zero-order valence-corrected chi connectivity index (χ0v) is 20.3. The van der Waals surface area contributed by atoms with E-state index >= 15 is 0 Å². The molecule has 3 aromatic rings. The third-order valence-electron chi connectivity index (χ3n) is 5.87. The first-order valence-electron chi connectivity index (χ1n) is 11.3. The molecular formula is C25H25F3N4O3S. The smallest absolute Gasteiger partial charge is 0.416 e. The topological polar surface area (TPSA) is 83.6 Å². The molecule has 4 rings (SSSR count). The highest BCUT2D eigenvalue weighted by Crippen LogP contribution is 2.30. The van der Waals surface area contributed by atoms with Crippen molar-refractivity contribution >= 4 is 34.0 Å². The molecule has 1 aliphatic heterocycles. The van der Waals surface area contributed by atoms with E-state index in [4.69, 9.17) is 4.74 Å². The number of aromatic nitrogens is 1. The van der Waals surface area contributed by atoms with E-state index in [1.165, 1.54) is 23.5 Å². The summed E-state index contributed by atoms with van der Waals surface area (Å²) in [5.74, 6) is -0.257. The van der Waals surface area contributed by atoms with Crippen molar-refractivity contribution in [3.8, 4) is 5.75 Å². The van der Waals surface area contributed by atoms with Crippen LogP contribution in [0.5, 0.6) is 5.75 Å². The first-order chi connectivity index (χ1) is 17.2. The average Bonchev–Trinajstić information content (AvgIpc) is 3.35. The quantitative estimate of drug-likeness (QED) is 0.456. The van der Waals surface area contributed by atoms with Crippen LogP contribution in [0.4, 0.5) is 24.0 Å². The molecule has 7 nitrogen and oxygen atoms in total. The number of benzene rings is 2. The van der Waals surface area contributed by atoms with Crippen LogP contribution in [0.3, 0.4) is 0 Å². The summed E-state index contributed by atoms with van der Waals surface area (Å²) in [5.41, 5.74) is 0.703. The minimum atomic E-state index is -4.44. The van der Waals surface area contributed by atoms with Crippen LogP contribution in [0.15, 0.2) is 53.9 Å². The first kappa shape index (κ1) is 25.5. The highest BCUT2D eigenvalue weighted by atomic mass is 32.1. The molecule has 1 aliphatic rings. The highest BCUT2D eigenvalue weighted by molar-refractivity contribution is 7.14. The first-order valence-corrected chi connectivity index (χ1v) is 12.2. The zero-order chi connectivity index (χ0) is 25.7. The summed E-state index contributed by atoms with van der Waals surface area (Å²) < 4.78 is 43.9. The van der Waals surface area contributed by atoms with E-state index in [-0.39, 0.29) is 24.9 Å². The van der Waals surface area contributed by atoms with Crippen molar-refractivity contribution in [2.75, 3.05) is 25.5 Å². The van der Waals surface area contributed by atoms with Crippen molar-refractivity contribution in [3.63, 3.8) is 0 Å². The number of likely N-dealkylation sites (tertiary alicyclic amines) is 1. The standard InChI is InChI=1S/C25H25F3N4O3S/c1-35-20-9-7-19(8-10-20)30-24-31-21(15-36-24)23(34)32-11-3-5-17(14-32)22(33)29-13-16-4-2-6-18(12-16)25(26,27)28/h2,4,6-10,12,15,17H,3,5,11,13-14H2,1H3,(H,29,33)(H,30,31)/t17-/m1/s1. The number of hydrogen-bond donors (Lipinski definition) is 2. The van der Waals surface area contributed by atoms with Crippen LogP contribution >= 0.6 is 11.3 Å². The molecule has 0 bridgehead atoms. The van der Waals surface area contributed by atoms with Crippen molar-refractivity contribution in [2.24, 2.45) is 5.92 Å². The summed E-state index contributed by atoms with van der Waals surface area (Å²) in [5, 5.41) is 8.10. The highest BCUT2D eigenvalue weighted by Gasteiger charge is 2.31. The molecule has 36 heavy (non-hydrogen) atoms. The van der Waals surface area contributed by atoms with Gasteiger partial charge < -0.3 is 20.3 Å². The molecule has 0 unspecified atom stereocenters. The lowest BCUT2D eigenvalue weighted by molar-refractivity contribution is -0.137. The van der Waals surface area contributed by atoms with E-state index < -0.39 is 17.7 Å². The second-order valence-electron chi connectivity index (χ2n) is 8.40. The zero-order valence-electron chi connectivity index (χ0n) is 19.5. The maximum Gasteiger partial charge on any atom is 0.416 e. The molecule has 0 saturated carbocycles. The summed E-state index contributed by atoms with van der Waals surface area (Å²) in [6.07, 6.45) is -3.20. The van der Waals surface area contributed by atoms with Gasteiger partial charge in [-0.2, -0.15) is 13.2 Å². The monoisotopic (exact) mass is 518 g/mol. The number of carbonyl (C=O) groups excluding carboxylic acids is 2. The molecule has 0 spiro atoms. The molecule has 1 aromatic heterocycles. The van der Waals surface area contributed by atoms with Gasteiger partial charge in [-0.3, -0.25) is 9.59 Å². The molecule has 1 atom stereocenters. The van der Waals surface area contributed by atoms with E-state index in [9.17, 15) is 22.8 Å². The van der Waals surface area contributed by atoms with Gasteiger partial charge >= 0.3 is 6.18 Å². The second-order valence-corrected chi connectivity index (χ2v) is 9.26. The van der Waals surface area contributed by atoms with Crippen molar-refractivity contribution in [3.05, 3.63) is 70.7 Å². The number of amides is 2. The van der Waals surface area contributed by atoms with Gasteiger partial charge in [-0.15, -0.1) is 11.3 Å². The summed E-state index contributed by atoms with van der Waals surface area (Å²) in [6, 6.07) is 12.2. The van der Waals surface area contributed by atoms with E-state index in [0.717, 1.165) is 23.6 Å². The Bertz CT molecular complexity index is 1210. The number of hydrogen-bond acceptors (Lipinski definition) is 6. The Labute approximate surface area is 210 Å². The molecule has 1 saturated heterocycles. The average molecular weight is 519 g/mol. The van der Waals surface area contributed by atoms with Gasteiger partial charge in [0.1, 0.15) is 11.4 Å². The fraction of sp³-hybridized carbons (Fsp3) is 0.320.